The largest absolute Gasteiger partial charge is 0.573 e. The third-order valence-corrected chi connectivity index (χ3v) is 4.67. The van der Waals surface area contributed by atoms with Gasteiger partial charge in [-0.3, -0.25) is 14.9 Å². The highest BCUT2D eigenvalue weighted by molar-refractivity contribution is 7.14. The maximum Gasteiger partial charge on any atom is 0.573 e. The number of nitrogens with zero attached hydrogens (tertiary/aromatic N) is 1. The zero-order valence-electron chi connectivity index (χ0n) is 16.6. The summed E-state index contributed by atoms with van der Waals surface area (Å²) in [6.45, 7) is 0. The molecule has 8 nitrogen and oxygen atoms in total. The van der Waals surface area contributed by atoms with Crippen molar-refractivity contribution in [1.29, 1.82) is 0 Å². The predicted octanol–water partition coefficient (Wildman–Crippen LogP) is 4.56. The summed E-state index contributed by atoms with van der Waals surface area (Å²) in [5.74, 6) is -0.637. The summed E-state index contributed by atoms with van der Waals surface area (Å²) in [7, 11) is 2.91. The van der Waals surface area contributed by atoms with Crippen LogP contribution in [0.3, 0.4) is 0 Å². The number of ether oxygens (including phenoxy) is 3. The number of benzene rings is 2. The van der Waals surface area contributed by atoms with E-state index in [0.717, 1.165) is 23.5 Å². The van der Waals surface area contributed by atoms with Gasteiger partial charge in [0.05, 0.1) is 14.2 Å². The topological polar surface area (TPSA) is 98.8 Å². The number of halogens is 3. The number of rotatable bonds is 7. The number of alkyl halides is 3. The number of anilines is 2. The normalized spacial score (nSPS) is 10.9. The standard InChI is InChI=1S/C20H16F3N3O5S/c1-29-14-7-11(8-15(9-14)30-2)17(27)26-19-25-16(10-32-19)18(28)24-12-3-5-13(6-4-12)31-20(21,22)23/h3-10H,1-2H3,(H,24,28)(H,25,26,27). The number of thiazole rings is 1. The molecule has 2 N–H and O–H groups in total. The van der Waals surface area contributed by atoms with Crippen LogP contribution in [0, 0.1) is 0 Å². The van der Waals surface area contributed by atoms with Gasteiger partial charge in [0.2, 0.25) is 0 Å². The molecular weight excluding hydrogens is 451 g/mol. The summed E-state index contributed by atoms with van der Waals surface area (Å²) >= 11 is 1.03. The molecule has 0 fully saturated rings. The van der Waals surface area contributed by atoms with Crippen LogP contribution in [0.1, 0.15) is 20.8 Å². The molecule has 3 rings (SSSR count). The summed E-state index contributed by atoms with van der Waals surface area (Å²) < 4.78 is 50.7. The monoisotopic (exact) mass is 467 g/mol. The van der Waals surface area contributed by atoms with E-state index in [1.165, 1.54) is 43.9 Å². The molecule has 168 valence electrons. The number of carbonyl (C=O) groups is 2. The molecule has 0 saturated heterocycles. The van der Waals surface area contributed by atoms with Gasteiger partial charge in [-0.25, -0.2) is 4.98 Å². The number of hydrogen-bond donors (Lipinski definition) is 2. The number of amides is 2. The number of methoxy groups -OCH3 is 2. The molecule has 3 aromatic rings. The lowest BCUT2D eigenvalue weighted by molar-refractivity contribution is -0.274. The Hall–Kier alpha value is -3.80. The Labute approximate surface area is 183 Å². The van der Waals surface area contributed by atoms with Crippen molar-refractivity contribution in [3.8, 4) is 17.2 Å². The van der Waals surface area contributed by atoms with Crippen molar-refractivity contribution >= 4 is 34.0 Å². The first-order valence-electron chi connectivity index (χ1n) is 8.84. The summed E-state index contributed by atoms with van der Waals surface area (Å²) in [6.07, 6.45) is -4.80. The van der Waals surface area contributed by atoms with Crippen molar-refractivity contribution in [2.45, 2.75) is 6.36 Å². The molecule has 0 spiro atoms. The van der Waals surface area contributed by atoms with E-state index < -0.39 is 23.9 Å². The Balaban J connectivity index is 1.64. The average molecular weight is 467 g/mol. The van der Waals surface area contributed by atoms with Gasteiger partial charge in [0, 0.05) is 22.7 Å². The van der Waals surface area contributed by atoms with E-state index in [1.807, 2.05) is 0 Å². The van der Waals surface area contributed by atoms with E-state index in [9.17, 15) is 22.8 Å². The molecule has 0 bridgehead atoms. The van der Waals surface area contributed by atoms with Gasteiger partial charge in [0.1, 0.15) is 22.9 Å². The quantitative estimate of drug-likeness (QED) is 0.529. The smallest absolute Gasteiger partial charge is 0.497 e. The van der Waals surface area contributed by atoms with Gasteiger partial charge in [-0.2, -0.15) is 0 Å². The zero-order chi connectivity index (χ0) is 23.3. The first kappa shape index (κ1) is 22.9. The van der Waals surface area contributed by atoms with Gasteiger partial charge >= 0.3 is 6.36 Å². The Morgan fingerprint density at radius 2 is 1.53 bits per heavy atom. The second-order valence-electron chi connectivity index (χ2n) is 6.12. The van der Waals surface area contributed by atoms with Crippen molar-refractivity contribution in [3.63, 3.8) is 0 Å². The molecule has 0 saturated carbocycles. The summed E-state index contributed by atoms with van der Waals surface area (Å²) in [6, 6.07) is 9.30. The molecule has 0 aliphatic carbocycles. The number of carbonyl (C=O) groups excluding carboxylic acids is 2. The highest BCUT2D eigenvalue weighted by atomic mass is 32.1. The van der Waals surface area contributed by atoms with Crippen LogP contribution in [0.5, 0.6) is 17.2 Å². The van der Waals surface area contributed by atoms with Crippen molar-refractivity contribution in [2.24, 2.45) is 0 Å². The molecule has 1 heterocycles. The summed E-state index contributed by atoms with van der Waals surface area (Å²) in [5.41, 5.74) is 0.527. The molecule has 0 aliphatic heterocycles. The van der Waals surface area contributed by atoms with Crippen molar-refractivity contribution in [2.75, 3.05) is 24.9 Å². The van der Waals surface area contributed by atoms with E-state index in [-0.39, 0.29) is 22.1 Å². The minimum Gasteiger partial charge on any atom is -0.497 e. The second kappa shape index (κ2) is 9.56. The fraction of sp³-hybridized carbons (Fsp3) is 0.150. The third-order valence-electron chi connectivity index (χ3n) is 3.92. The maximum absolute atomic E-state index is 12.5. The Bertz CT molecular complexity index is 1090. The molecule has 32 heavy (non-hydrogen) atoms. The highest BCUT2D eigenvalue weighted by Crippen LogP contribution is 2.26. The first-order valence-corrected chi connectivity index (χ1v) is 9.72. The van der Waals surface area contributed by atoms with Crippen molar-refractivity contribution in [3.05, 3.63) is 59.1 Å². The van der Waals surface area contributed by atoms with E-state index in [1.54, 1.807) is 6.07 Å². The van der Waals surface area contributed by atoms with Crippen LogP contribution in [0.25, 0.3) is 0 Å². The van der Waals surface area contributed by atoms with Crippen LogP contribution >= 0.6 is 11.3 Å². The van der Waals surface area contributed by atoms with E-state index in [4.69, 9.17) is 9.47 Å². The van der Waals surface area contributed by atoms with E-state index >= 15 is 0 Å². The van der Waals surface area contributed by atoms with Gasteiger partial charge in [-0.05, 0) is 36.4 Å². The Morgan fingerprint density at radius 3 is 2.09 bits per heavy atom. The minimum atomic E-state index is -4.80. The first-order chi connectivity index (χ1) is 15.2. The lowest BCUT2D eigenvalue weighted by Crippen LogP contribution is -2.17. The molecule has 2 amide bonds. The Kier molecular flexibility index (Phi) is 6.83. The van der Waals surface area contributed by atoms with Gasteiger partial charge < -0.3 is 19.5 Å². The molecule has 0 atom stereocenters. The lowest BCUT2D eigenvalue weighted by Gasteiger charge is -2.09. The van der Waals surface area contributed by atoms with Crippen molar-refractivity contribution in [1.82, 2.24) is 4.98 Å². The predicted molar refractivity (Wildman–Crippen MR) is 111 cm³/mol. The summed E-state index contributed by atoms with van der Waals surface area (Å²) in [4.78, 5) is 28.9. The van der Waals surface area contributed by atoms with Crippen LogP contribution < -0.4 is 24.8 Å². The molecule has 2 aromatic carbocycles. The molecule has 0 aliphatic rings. The fourth-order valence-corrected chi connectivity index (χ4v) is 3.16. The molecule has 1 aromatic heterocycles. The van der Waals surface area contributed by atoms with Crippen LogP contribution in [0.15, 0.2) is 47.8 Å². The van der Waals surface area contributed by atoms with Crippen LogP contribution in [0.4, 0.5) is 24.0 Å². The van der Waals surface area contributed by atoms with Gasteiger partial charge in [0.15, 0.2) is 5.13 Å². The van der Waals surface area contributed by atoms with Gasteiger partial charge in [0.25, 0.3) is 11.8 Å². The number of nitrogens with one attached hydrogen (secondary N) is 2. The van der Waals surface area contributed by atoms with E-state index in [0.29, 0.717) is 11.5 Å². The SMILES string of the molecule is COc1cc(OC)cc(C(=O)Nc2nc(C(=O)Nc3ccc(OC(F)(F)F)cc3)cs2)c1. The summed E-state index contributed by atoms with van der Waals surface area (Å²) in [5, 5.41) is 6.69. The number of hydrogen-bond acceptors (Lipinski definition) is 7. The molecule has 12 heteroatoms. The third kappa shape index (κ3) is 6.11. The second-order valence-corrected chi connectivity index (χ2v) is 6.98. The molecule has 0 unspecified atom stereocenters. The Morgan fingerprint density at radius 1 is 0.906 bits per heavy atom. The van der Waals surface area contributed by atoms with Gasteiger partial charge in [-0.1, -0.05) is 0 Å². The van der Waals surface area contributed by atoms with Crippen molar-refractivity contribution < 1.29 is 37.0 Å². The minimum absolute atomic E-state index is 0.0177. The number of aromatic nitrogens is 1. The maximum atomic E-state index is 12.5. The lowest BCUT2D eigenvalue weighted by atomic mass is 10.2. The average Bonchev–Trinajstić information content (AvgIpc) is 3.22. The molecule has 0 radical (unpaired) electrons. The van der Waals surface area contributed by atoms with Crippen LogP contribution in [-0.4, -0.2) is 37.4 Å². The van der Waals surface area contributed by atoms with Crippen LogP contribution in [-0.2, 0) is 0 Å². The van der Waals surface area contributed by atoms with Crippen LogP contribution in [0.2, 0.25) is 0 Å². The molecular formula is C20H16F3N3O5S. The fourth-order valence-electron chi connectivity index (χ4n) is 2.48. The zero-order valence-corrected chi connectivity index (χ0v) is 17.5. The van der Waals surface area contributed by atoms with E-state index in [2.05, 4.69) is 20.4 Å². The highest BCUT2D eigenvalue weighted by Gasteiger charge is 2.31. The van der Waals surface area contributed by atoms with Gasteiger partial charge in [-0.15, -0.1) is 24.5 Å².